The van der Waals surface area contributed by atoms with Gasteiger partial charge in [0.2, 0.25) is 10.0 Å². The minimum Gasteiger partial charge on any atom is -0.381 e. The SMILES string of the molecule is Cc1cnc(C(=O)NCCN(C2CCOCC2)C2CCN(S(C)(=O)=O)C2)cn1. The molecule has 1 aromatic heterocycles. The Morgan fingerprint density at radius 1 is 1.25 bits per heavy atom. The highest BCUT2D eigenvalue weighted by molar-refractivity contribution is 7.88. The lowest BCUT2D eigenvalue weighted by Crippen LogP contribution is -2.50. The van der Waals surface area contributed by atoms with Gasteiger partial charge < -0.3 is 10.1 Å². The van der Waals surface area contributed by atoms with Gasteiger partial charge in [0.25, 0.3) is 5.91 Å². The topological polar surface area (TPSA) is 105 Å². The summed E-state index contributed by atoms with van der Waals surface area (Å²) >= 11 is 0. The molecule has 0 aliphatic carbocycles. The quantitative estimate of drug-likeness (QED) is 0.675. The summed E-state index contributed by atoms with van der Waals surface area (Å²) in [5.74, 6) is -0.247. The largest absolute Gasteiger partial charge is 0.381 e. The number of aryl methyl sites for hydroxylation is 1. The summed E-state index contributed by atoms with van der Waals surface area (Å²) < 4.78 is 30.8. The van der Waals surface area contributed by atoms with Crippen molar-refractivity contribution in [3.05, 3.63) is 23.8 Å². The summed E-state index contributed by atoms with van der Waals surface area (Å²) in [7, 11) is -3.18. The number of hydrogen-bond donors (Lipinski definition) is 1. The molecule has 1 amide bonds. The van der Waals surface area contributed by atoms with Crippen molar-refractivity contribution in [3.8, 4) is 0 Å². The number of amides is 1. The number of sulfonamides is 1. The first-order valence-electron chi connectivity index (χ1n) is 9.70. The highest BCUT2D eigenvalue weighted by atomic mass is 32.2. The number of nitrogens with one attached hydrogen (secondary N) is 1. The zero-order valence-electron chi connectivity index (χ0n) is 16.5. The van der Waals surface area contributed by atoms with Crippen molar-refractivity contribution < 1.29 is 17.9 Å². The van der Waals surface area contributed by atoms with Gasteiger partial charge in [0.1, 0.15) is 5.69 Å². The van der Waals surface area contributed by atoms with Crippen molar-refractivity contribution in [3.63, 3.8) is 0 Å². The predicted octanol–water partition coefficient (Wildman–Crippen LogP) is 0.0297. The lowest BCUT2D eigenvalue weighted by Gasteiger charge is -2.38. The van der Waals surface area contributed by atoms with Gasteiger partial charge in [-0.3, -0.25) is 14.7 Å². The lowest BCUT2D eigenvalue weighted by molar-refractivity contribution is 0.0194. The smallest absolute Gasteiger partial charge is 0.271 e. The molecule has 1 unspecified atom stereocenters. The third-order valence-corrected chi connectivity index (χ3v) is 6.66. The van der Waals surface area contributed by atoms with E-state index in [-0.39, 0.29) is 11.9 Å². The third-order valence-electron chi connectivity index (χ3n) is 5.39. The van der Waals surface area contributed by atoms with Crippen molar-refractivity contribution in [2.45, 2.75) is 38.3 Å². The Labute approximate surface area is 166 Å². The molecule has 10 heteroatoms. The Hall–Kier alpha value is -1.62. The van der Waals surface area contributed by atoms with Crippen LogP contribution in [0.2, 0.25) is 0 Å². The lowest BCUT2D eigenvalue weighted by atomic mass is 10.0. The van der Waals surface area contributed by atoms with Crippen LogP contribution in [0.4, 0.5) is 0 Å². The van der Waals surface area contributed by atoms with Crippen molar-refractivity contribution in [2.75, 3.05) is 45.6 Å². The molecular weight excluding hydrogens is 382 g/mol. The summed E-state index contributed by atoms with van der Waals surface area (Å²) in [6, 6.07) is 0.503. The van der Waals surface area contributed by atoms with E-state index < -0.39 is 10.0 Å². The van der Waals surface area contributed by atoms with Crippen LogP contribution >= 0.6 is 0 Å². The van der Waals surface area contributed by atoms with Crippen LogP contribution in [0, 0.1) is 6.92 Å². The normalized spacial score (nSPS) is 21.9. The summed E-state index contributed by atoms with van der Waals surface area (Å²) in [6.07, 6.45) is 6.96. The Bertz CT molecular complexity index is 765. The Morgan fingerprint density at radius 3 is 2.61 bits per heavy atom. The van der Waals surface area contributed by atoms with Crippen molar-refractivity contribution in [2.24, 2.45) is 0 Å². The number of carbonyl (C=O) groups is 1. The van der Waals surface area contributed by atoms with E-state index in [1.54, 1.807) is 10.5 Å². The van der Waals surface area contributed by atoms with Crippen LogP contribution in [0.5, 0.6) is 0 Å². The number of aromatic nitrogens is 2. The predicted molar refractivity (Wildman–Crippen MR) is 104 cm³/mol. The fourth-order valence-corrected chi connectivity index (χ4v) is 4.74. The van der Waals surface area contributed by atoms with Crippen LogP contribution in [0.3, 0.4) is 0 Å². The molecule has 9 nitrogen and oxygen atoms in total. The van der Waals surface area contributed by atoms with E-state index in [0.29, 0.717) is 37.9 Å². The number of rotatable bonds is 7. The Balaban J connectivity index is 1.59. The van der Waals surface area contributed by atoms with Crippen LogP contribution in [-0.2, 0) is 14.8 Å². The van der Waals surface area contributed by atoms with E-state index >= 15 is 0 Å². The van der Waals surface area contributed by atoms with Crippen molar-refractivity contribution >= 4 is 15.9 Å². The molecule has 0 radical (unpaired) electrons. The van der Waals surface area contributed by atoms with E-state index in [1.807, 2.05) is 6.92 Å². The maximum Gasteiger partial charge on any atom is 0.271 e. The molecule has 2 fully saturated rings. The molecule has 0 spiro atoms. The average molecular weight is 412 g/mol. The molecular formula is C18H29N5O4S. The van der Waals surface area contributed by atoms with Crippen LogP contribution in [-0.4, -0.2) is 91.2 Å². The summed E-state index contributed by atoms with van der Waals surface area (Å²) in [5.41, 5.74) is 1.06. The van der Waals surface area contributed by atoms with E-state index in [0.717, 1.165) is 38.2 Å². The van der Waals surface area contributed by atoms with Gasteiger partial charge in [-0.1, -0.05) is 0 Å². The molecule has 156 valence electrons. The van der Waals surface area contributed by atoms with Crippen LogP contribution in [0.15, 0.2) is 12.4 Å². The van der Waals surface area contributed by atoms with Crippen molar-refractivity contribution in [1.29, 1.82) is 0 Å². The summed E-state index contributed by atoms with van der Waals surface area (Å²) in [6.45, 7) is 5.45. The summed E-state index contributed by atoms with van der Waals surface area (Å²) in [4.78, 5) is 22.8. The molecule has 1 aromatic rings. The highest BCUT2D eigenvalue weighted by Gasteiger charge is 2.35. The van der Waals surface area contributed by atoms with Crippen LogP contribution in [0.25, 0.3) is 0 Å². The van der Waals surface area contributed by atoms with Gasteiger partial charge >= 0.3 is 0 Å². The molecule has 0 saturated carbocycles. The van der Waals surface area contributed by atoms with Gasteiger partial charge in [0.15, 0.2) is 0 Å². The molecule has 2 aliphatic rings. The first-order valence-corrected chi connectivity index (χ1v) is 11.5. The van der Waals surface area contributed by atoms with E-state index in [9.17, 15) is 13.2 Å². The molecule has 28 heavy (non-hydrogen) atoms. The van der Waals surface area contributed by atoms with Gasteiger partial charge in [-0.2, -0.15) is 0 Å². The minimum atomic E-state index is -3.18. The molecule has 0 bridgehead atoms. The maximum atomic E-state index is 12.3. The molecule has 3 heterocycles. The number of nitrogens with zero attached hydrogens (tertiary/aromatic N) is 4. The Morgan fingerprint density at radius 2 is 2.00 bits per heavy atom. The van der Waals surface area contributed by atoms with Crippen LogP contribution < -0.4 is 5.32 Å². The first kappa shape index (κ1) is 21.1. The second-order valence-corrected chi connectivity index (χ2v) is 9.43. The van der Waals surface area contributed by atoms with Crippen molar-refractivity contribution in [1.82, 2.24) is 24.5 Å². The standard InChI is InChI=1S/C18H29N5O4S/c1-14-11-21-17(12-20-14)18(24)19-6-8-23(15-4-9-27-10-5-15)16-3-7-22(13-16)28(2,25)26/h11-12,15-16H,3-10,13H2,1-2H3,(H,19,24). The maximum absolute atomic E-state index is 12.3. The number of hydrogen-bond acceptors (Lipinski definition) is 7. The second kappa shape index (κ2) is 9.25. The zero-order chi connectivity index (χ0) is 20.1. The van der Waals surface area contributed by atoms with Gasteiger partial charge in [0.05, 0.1) is 18.1 Å². The molecule has 2 saturated heterocycles. The average Bonchev–Trinajstić information content (AvgIpc) is 3.16. The third kappa shape index (κ3) is 5.47. The highest BCUT2D eigenvalue weighted by Crippen LogP contribution is 2.24. The fourth-order valence-electron chi connectivity index (χ4n) is 3.86. The molecule has 3 rings (SSSR count). The van der Waals surface area contributed by atoms with Gasteiger partial charge in [-0.15, -0.1) is 0 Å². The molecule has 1 atom stereocenters. The van der Waals surface area contributed by atoms with Gasteiger partial charge in [-0.25, -0.2) is 17.7 Å². The minimum absolute atomic E-state index is 0.161. The van der Waals surface area contributed by atoms with Gasteiger partial charge in [-0.05, 0) is 26.2 Å². The van der Waals surface area contributed by atoms with Gasteiger partial charge in [0, 0.05) is 57.7 Å². The Kier molecular flexibility index (Phi) is 6.97. The van der Waals surface area contributed by atoms with Crippen LogP contribution in [0.1, 0.15) is 35.4 Å². The van der Waals surface area contributed by atoms with E-state index in [2.05, 4.69) is 20.2 Å². The molecule has 2 aliphatic heterocycles. The first-order chi connectivity index (χ1) is 13.3. The molecule has 0 aromatic carbocycles. The molecule has 1 N–H and O–H groups in total. The summed E-state index contributed by atoms with van der Waals surface area (Å²) in [5, 5.41) is 2.91. The monoisotopic (exact) mass is 411 g/mol. The number of ether oxygens (including phenoxy) is 1. The van der Waals surface area contributed by atoms with E-state index in [4.69, 9.17) is 4.74 Å². The van der Waals surface area contributed by atoms with E-state index in [1.165, 1.54) is 12.5 Å². The zero-order valence-corrected chi connectivity index (χ0v) is 17.3. The fraction of sp³-hybridized carbons (Fsp3) is 0.722. The second-order valence-electron chi connectivity index (χ2n) is 7.44. The number of carbonyl (C=O) groups excluding carboxylic acids is 1.